The van der Waals surface area contributed by atoms with Gasteiger partial charge in [0.1, 0.15) is 5.75 Å². The Kier molecular flexibility index (Phi) is 4.65. The van der Waals surface area contributed by atoms with Crippen LogP contribution in [0.5, 0.6) is 5.75 Å². The lowest BCUT2D eigenvalue weighted by molar-refractivity contribution is -0.383. The van der Waals surface area contributed by atoms with Crippen LogP contribution in [0.4, 0.5) is 5.69 Å². The molecule has 0 fully saturated rings. The van der Waals surface area contributed by atoms with Gasteiger partial charge in [0.05, 0.1) is 24.6 Å². The fourth-order valence-electron chi connectivity index (χ4n) is 1.88. The van der Waals surface area contributed by atoms with Crippen molar-refractivity contribution in [3.05, 3.63) is 40.6 Å². The van der Waals surface area contributed by atoms with Crippen LogP contribution in [0.25, 0.3) is 10.9 Å². The monoisotopic (exact) mass is 290 g/mol. The van der Waals surface area contributed by atoms with Crippen LogP contribution in [0.3, 0.4) is 0 Å². The summed E-state index contributed by atoms with van der Waals surface area (Å²) < 4.78 is 10.3. The molecule has 7 heteroatoms. The van der Waals surface area contributed by atoms with E-state index in [0.29, 0.717) is 17.7 Å². The van der Waals surface area contributed by atoms with Crippen LogP contribution in [-0.4, -0.2) is 29.1 Å². The van der Waals surface area contributed by atoms with E-state index < -0.39 is 4.92 Å². The number of non-ortho nitro benzene ring substituents is 1. The molecule has 0 unspecified atom stereocenters. The van der Waals surface area contributed by atoms with Gasteiger partial charge in [-0.3, -0.25) is 14.9 Å². The number of esters is 1. The van der Waals surface area contributed by atoms with Gasteiger partial charge in [-0.1, -0.05) is 0 Å². The summed E-state index contributed by atoms with van der Waals surface area (Å²) in [6, 6.07) is 6.21. The molecule has 110 valence electrons. The predicted octanol–water partition coefficient (Wildman–Crippen LogP) is 2.48. The molecule has 2 rings (SSSR count). The summed E-state index contributed by atoms with van der Waals surface area (Å²) in [5, 5.41) is 11.5. The molecule has 0 aliphatic heterocycles. The highest BCUT2D eigenvalue weighted by molar-refractivity contribution is 5.92. The lowest BCUT2D eigenvalue weighted by Crippen LogP contribution is -2.09. The van der Waals surface area contributed by atoms with Crippen molar-refractivity contribution in [2.24, 2.45) is 0 Å². The third-order valence-electron chi connectivity index (χ3n) is 2.77. The molecule has 7 nitrogen and oxygen atoms in total. The second-order valence-electron chi connectivity index (χ2n) is 4.14. The van der Waals surface area contributed by atoms with E-state index in [1.165, 1.54) is 18.3 Å². The zero-order valence-electron chi connectivity index (χ0n) is 11.4. The van der Waals surface area contributed by atoms with E-state index in [1.54, 1.807) is 19.1 Å². The zero-order valence-corrected chi connectivity index (χ0v) is 11.4. The molecule has 0 aliphatic carbocycles. The number of aromatic nitrogens is 1. The standard InChI is InChI=1S/C14H14N2O5/c1-2-20-13(17)7-9-21-12-6-5-11(16(18)19)14-10(12)4-3-8-15-14/h3-6,8H,2,7,9H2,1H3. The number of pyridine rings is 1. The van der Waals surface area contributed by atoms with E-state index in [2.05, 4.69) is 4.98 Å². The third-order valence-corrected chi connectivity index (χ3v) is 2.77. The predicted molar refractivity (Wildman–Crippen MR) is 75.1 cm³/mol. The summed E-state index contributed by atoms with van der Waals surface area (Å²) in [5.74, 6) is 0.106. The van der Waals surface area contributed by atoms with Crippen molar-refractivity contribution in [2.45, 2.75) is 13.3 Å². The van der Waals surface area contributed by atoms with Gasteiger partial charge < -0.3 is 9.47 Å². The van der Waals surface area contributed by atoms with Crippen LogP contribution in [0.2, 0.25) is 0 Å². The molecule has 1 heterocycles. The van der Waals surface area contributed by atoms with E-state index in [1.807, 2.05) is 0 Å². The first kappa shape index (κ1) is 14.7. The van der Waals surface area contributed by atoms with Crippen molar-refractivity contribution < 1.29 is 19.2 Å². The normalized spacial score (nSPS) is 10.3. The highest BCUT2D eigenvalue weighted by Gasteiger charge is 2.16. The Hall–Kier alpha value is -2.70. The van der Waals surface area contributed by atoms with Crippen LogP contribution in [-0.2, 0) is 9.53 Å². The van der Waals surface area contributed by atoms with Gasteiger partial charge in [0.2, 0.25) is 0 Å². The van der Waals surface area contributed by atoms with Crippen molar-refractivity contribution >= 4 is 22.6 Å². The molecular weight excluding hydrogens is 276 g/mol. The first-order valence-electron chi connectivity index (χ1n) is 6.44. The van der Waals surface area contributed by atoms with Gasteiger partial charge in [0, 0.05) is 17.6 Å². The Morgan fingerprint density at radius 2 is 2.19 bits per heavy atom. The van der Waals surface area contributed by atoms with Crippen molar-refractivity contribution in [3.8, 4) is 5.75 Å². The molecule has 1 aromatic heterocycles. The second kappa shape index (κ2) is 6.65. The zero-order chi connectivity index (χ0) is 15.2. The topological polar surface area (TPSA) is 91.6 Å². The molecule has 0 spiro atoms. The molecular formula is C14H14N2O5. The first-order chi connectivity index (χ1) is 10.1. The Labute approximate surface area is 120 Å². The van der Waals surface area contributed by atoms with E-state index in [4.69, 9.17) is 9.47 Å². The van der Waals surface area contributed by atoms with E-state index in [9.17, 15) is 14.9 Å². The number of hydrogen-bond donors (Lipinski definition) is 0. The molecule has 21 heavy (non-hydrogen) atoms. The number of hydrogen-bond acceptors (Lipinski definition) is 6. The van der Waals surface area contributed by atoms with E-state index in [-0.39, 0.29) is 30.2 Å². The maximum absolute atomic E-state index is 11.2. The van der Waals surface area contributed by atoms with Gasteiger partial charge >= 0.3 is 5.97 Å². The summed E-state index contributed by atoms with van der Waals surface area (Å²) >= 11 is 0. The lowest BCUT2D eigenvalue weighted by Gasteiger charge is -2.08. The van der Waals surface area contributed by atoms with Crippen molar-refractivity contribution in [1.82, 2.24) is 4.98 Å². The smallest absolute Gasteiger partial charge is 0.309 e. The highest BCUT2D eigenvalue weighted by Crippen LogP contribution is 2.31. The van der Waals surface area contributed by atoms with Gasteiger partial charge in [-0.2, -0.15) is 0 Å². The number of nitro groups is 1. The molecule has 0 radical (unpaired) electrons. The second-order valence-corrected chi connectivity index (χ2v) is 4.14. The fourth-order valence-corrected chi connectivity index (χ4v) is 1.88. The summed E-state index contributed by atoms with van der Waals surface area (Å²) in [6.45, 7) is 2.19. The van der Waals surface area contributed by atoms with Gasteiger partial charge in [-0.15, -0.1) is 0 Å². The van der Waals surface area contributed by atoms with Crippen LogP contribution in [0.15, 0.2) is 30.5 Å². The number of rotatable bonds is 6. The number of fused-ring (bicyclic) bond motifs is 1. The molecule has 0 saturated heterocycles. The van der Waals surface area contributed by atoms with Crippen molar-refractivity contribution in [1.29, 1.82) is 0 Å². The van der Waals surface area contributed by atoms with Gasteiger partial charge in [0.15, 0.2) is 5.52 Å². The number of nitro benzene ring substituents is 1. The van der Waals surface area contributed by atoms with Crippen LogP contribution in [0.1, 0.15) is 13.3 Å². The Morgan fingerprint density at radius 1 is 1.38 bits per heavy atom. The summed E-state index contributed by atoms with van der Waals surface area (Å²) in [6.07, 6.45) is 1.60. The minimum absolute atomic E-state index is 0.0802. The molecule has 0 atom stereocenters. The van der Waals surface area contributed by atoms with Gasteiger partial charge in [0.25, 0.3) is 5.69 Å². The summed E-state index contributed by atoms with van der Waals surface area (Å²) in [5.41, 5.74) is 0.180. The maximum atomic E-state index is 11.2. The molecule has 0 aliphatic rings. The van der Waals surface area contributed by atoms with Crippen LogP contribution in [0, 0.1) is 10.1 Å². The molecule has 0 saturated carbocycles. The summed E-state index contributed by atoms with van der Waals surface area (Å²) in [7, 11) is 0. The lowest BCUT2D eigenvalue weighted by atomic mass is 10.1. The Morgan fingerprint density at radius 3 is 2.90 bits per heavy atom. The number of carbonyl (C=O) groups excluding carboxylic acids is 1. The first-order valence-corrected chi connectivity index (χ1v) is 6.44. The minimum Gasteiger partial charge on any atom is -0.492 e. The molecule has 2 aromatic rings. The van der Waals surface area contributed by atoms with Crippen LogP contribution >= 0.6 is 0 Å². The fraction of sp³-hybridized carbons (Fsp3) is 0.286. The molecule has 1 aromatic carbocycles. The van der Waals surface area contributed by atoms with Crippen molar-refractivity contribution in [2.75, 3.05) is 13.2 Å². The summed E-state index contributed by atoms with van der Waals surface area (Å²) in [4.78, 5) is 25.7. The Bertz CT molecular complexity index is 671. The number of benzene rings is 1. The van der Waals surface area contributed by atoms with Crippen LogP contribution < -0.4 is 4.74 Å². The average Bonchev–Trinajstić information content (AvgIpc) is 2.47. The third kappa shape index (κ3) is 3.44. The quantitative estimate of drug-likeness (QED) is 0.461. The van der Waals surface area contributed by atoms with E-state index in [0.717, 1.165) is 0 Å². The van der Waals surface area contributed by atoms with Gasteiger partial charge in [-0.05, 0) is 25.1 Å². The number of ether oxygens (including phenoxy) is 2. The maximum Gasteiger partial charge on any atom is 0.309 e. The average molecular weight is 290 g/mol. The number of nitrogens with zero attached hydrogens (tertiary/aromatic N) is 2. The largest absolute Gasteiger partial charge is 0.492 e. The Balaban J connectivity index is 2.20. The molecule has 0 N–H and O–H groups in total. The van der Waals surface area contributed by atoms with E-state index >= 15 is 0 Å². The van der Waals surface area contributed by atoms with Gasteiger partial charge in [-0.25, -0.2) is 4.98 Å². The number of carbonyl (C=O) groups is 1. The SMILES string of the molecule is CCOC(=O)CCOc1ccc([N+](=O)[O-])c2ncccc12. The van der Waals surface area contributed by atoms with Crippen molar-refractivity contribution in [3.63, 3.8) is 0 Å². The molecule has 0 bridgehead atoms. The highest BCUT2D eigenvalue weighted by atomic mass is 16.6. The minimum atomic E-state index is -0.488. The molecule has 0 amide bonds.